The van der Waals surface area contributed by atoms with Crippen LogP contribution in [-0.2, 0) is 0 Å². The Morgan fingerprint density at radius 3 is 2.50 bits per heavy atom. The fraction of sp³-hybridized carbons (Fsp3) is 0.533. The van der Waals surface area contributed by atoms with Gasteiger partial charge in [-0.05, 0) is 12.1 Å². The van der Waals surface area contributed by atoms with Gasteiger partial charge >= 0.3 is 0 Å². The van der Waals surface area contributed by atoms with Gasteiger partial charge in [0.05, 0.1) is 33.0 Å². The van der Waals surface area contributed by atoms with Gasteiger partial charge in [0.15, 0.2) is 11.5 Å². The smallest absolute Gasteiger partial charge is 0.255 e. The Morgan fingerprint density at radius 2 is 1.95 bits per heavy atom. The number of amides is 1. The highest BCUT2D eigenvalue weighted by Crippen LogP contribution is 2.39. The molecule has 1 fully saturated rings. The SMILES string of the molecule is COc1ccc(C(=O)NCC2CNCC2O)c(OC)c1OC. The maximum Gasteiger partial charge on any atom is 0.255 e. The molecule has 7 heteroatoms. The first-order valence-electron chi connectivity index (χ1n) is 7.08. The summed E-state index contributed by atoms with van der Waals surface area (Å²) in [6.45, 7) is 1.63. The number of hydrogen-bond donors (Lipinski definition) is 3. The number of benzene rings is 1. The van der Waals surface area contributed by atoms with Crippen molar-refractivity contribution in [1.82, 2.24) is 10.6 Å². The average molecular weight is 310 g/mol. The predicted molar refractivity (Wildman–Crippen MR) is 80.8 cm³/mol. The number of aliphatic hydroxyl groups excluding tert-OH is 1. The minimum absolute atomic E-state index is 0.00934. The molecule has 2 unspecified atom stereocenters. The van der Waals surface area contributed by atoms with Crippen LogP contribution in [0.1, 0.15) is 10.4 Å². The topological polar surface area (TPSA) is 89.1 Å². The van der Waals surface area contributed by atoms with E-state index in [1.807, 2.05) is 0 Å². The lowest BCUT2D eigenvalue weighted by Gasteiger charge is -2.17. The predicted octanol–water partition coefficient (Wildman–Crippen LogP) is 0.0225. The van der Waals surface area contributed by atoms with E-state index in [2.05, 4.69) is 10.6 Å². The van der Waals surface area contributed by atoms with Crippen LogP contribution in [0.2, 0.25) is 0 Å². The van der Waals surface area contributed by atoms with Crippen molar-refractivity contribution in [2.45, 2.75) is 6.10 Å². The van der Waals surface area contributed by atoms with Crippen molar-refractivity contribution >= 4 is 5.91 Å². The first-order valence-corrected chi connectivity index (χ1v) is 7.08. The highest BCUT2D eigenvalue weighted by molar-refractivity contribution is 5.98. The Labute approximate surface area is 129 Å². The molecule has 2 rings (SSSR count). The summed E-state index contributed by atoms with van der Waals surface area (Å²) in [7, 11) is 4.48. The molecule has 0 saturated carbocycles. The van der Waals surface area contributed by atoms with E-state index in [0.717, 1.165) is 0 Å². The largest absolute Gasteiger partial charge is 0.493 e. The lowest BCUT2D eigenvalue weighted by atomic mass is 10.1. The average Bonchev–Trinajstić information content (AvgIpc) is 2.95. The molecule has 1 aliphatic heterocycles. The lowest BCUT2D eigenvalue weighted by Crippen LogP contribution is -2.34. The van der Waals surface area contributed by atoms with Crippen molar-refractivity contribution in [3.8, 4) is 17.2 Å². The van der Waals surface area contributed by atoms with Crippen LogP contribution in [0.15, 0.2) is 12.1 Å². The highest BCUT2D eigenvalue weighted by atomic mass is 16.5. The van der Waals surface area contributed by atoms with Gasteiger partial charge < -0.3 is 30.0 Å². The quantitative estimate of drug-likeness (QED) is 0.686. The van der Waals surface area contributed by atoms with Gasteiger partial charge in [0.2, 0.25) is 5.75 Å². The first kappa shape index (κ1) is 16.4. The molecule has 0 bridgehead atoms. The van der Waals surface area contributed by atoms with Crippen molar-refractivity contribution in [1.29, 1.82) is 0 Å². The molecule has 0 aromatic heterocycles. The molecule has 0 aliphatic carbocycles. The normalized spacial score (nSPS) is 20.5. The van der Waals surface area contributed by atoms with Crippen LogP contribution in [-0.4, -0.2) is 58.1 Å². The van der Waals surface area contributed by atoms with Crippen LogP contribution in [0.3, 0.4) is 0 Å². The molecule has 1 heterocycles. The fourth-order valence-electron chi connectivity index (χ4n) is 2.53. The van der Waals surface area contributed by atoms with E-state index in [1.165, 1.54) is 21.3 Å². The van der Waals surface area contributed by atoms with Gasteiger partial charge in [0.25, 0.3) is 5.91 Å². The molecule has 1 aromatic carbocycles. The highest BCUT2D eigenvalue weighted by Gasteiger charge is 2.26. The standard InChI is InChI=1S/C15H22N2O5/c1-20-12-5-4-10(13(21-2)14(12)22-3)15(19)17-7-9-6-16-8-11(9)18/h4-5,9,11,16,18H,6-8H2,1-3H3,(H,17,19). The molecular formula is C15H22N2O5. The molecule has 22 heavy (non-hydrogen) atoms. The summed E-state index contributed by atoms with van der Waals surface area (Å²) >= 11 is 0. The molecule has 1 aliphatic rings. The van der Waals surface area contributed by atoms with Gasteiger partial charge in [0.1, 0.15) is 0 Å². The maximum atomic E-state index is 12.4. The number of carbonyl (C=O) groups is 1. The van der Waals surface area contributed by atoms with Crippen molar-refractivity contribution < 1.29 is 24.1 Å². The third kappa shape index (κ3) is 3.26. The van der Waals surface area contributed by atoms with Crippen LogP contribution in [0, 0.1) is 5.92 Å². The monoisotopic (exact) mass is 310 g/mol. The van der Waals surface area contributed by atoms with Crippen LogP contribution >= 0.6 is 0 Å². The fourth-order valence-corrected chi connectivity index (χ4v) is 2.53. The Bertz CT molecular complexity index is 535. The molecule has 1 amide bonds. The second-order valence-corrected chi connectivity index (χ2v) is 5.08. The van der Waals surface area contributed by atoms with Gasteiger partial charge in [0, 0.05) is 25.6 Å². The van der Waals surface area contributed by atoms with Crippen LogP contribution in [0.4, 0.5) is 0 Å². The minimum Gasteiger partial charge on any atom is -0.493 e. The number of ether oxygens (including phenoxy) is 3. The summed E-state index contributed by atoms with van der Waals surface area (Å²) in [5.74, 6) is 0.919. The van der Waals surface area contributed by atoms with Crippen molar-refractivity contribution in [2.24, 2.45) is 5.92 Å². The Balaban J connectivity index is 2.15. The van der Waals surface area contributed by atoms with Crippen molar-refractivity contribution in [2.75, 3.05) is 41.0 Å². The summed E-state index contributed by atoms with van der Waals surface area (Å²) in [5, 5.41) is 15.6. The molecule has 1 aromatic rings. The number of aliphatic hydroxyl groups is 1. The molecule has 0 spiro atoms. The summed E-state index contributed by atoms with van der Waals surface area (Å²) in [6, 6.07) is 3.28. The molecule has 1 saturated heterocycles. The summed E-state index contributed by atoms with van der Waals surface area (Å²) in [5.41, 5.74) is 0.362. The Morgan fingerprint density at radius 1 is 1.23 bits per heavy atom. The molecule has 0 radical (unpaired) electrons. The lowest BCUT2D eigenvalue weighted by molar-refractivity contribution is 0.0923. The molecule has 122 valence electrons. The molecule has 7 nitrogen and oxygen atoms in total. The summed E-state index contributed by atoms with van der Waals surface area (Å²) in [4.78, 5) is 12.4. The zero-order chi connectivity index (χ0) is 16.1. The number of nitrogens with one attached hydrogen (secondary N) is 2. The zero-order valence-corrected chi connectivity index (χ0v) is 13.0. The number of carbonyl (C=O) groups excluding carboxylic acids is 1. The molecule has 3 N–H and O–H groups in total. The van der Waals surface area contributed by atoms with E-state index in [9.17, 15) is 9.90 Å². The first-order chi connectivity index (χ1) is 10.6. The van der Waals surface area contributed by atoms with E-state index < -0.39 is 6.10 Å². The van der Waals surface area contributed by atoms with Crippen LogP contribution in [0.25, 0.3) is 0 Å². The van der Waals surface area contributed by atoms with Gasteiger partial charge in [-0.15, -0.1) is 0 Å². The van der Waals surface area contributed by atoms with E-state index in [4.69, 9.17) is 14.2 Å². The molecular weight excluding hydrogens is 288 g/mol. The second-order valence-electron chi connectivity index (χ2n) is 5.08. The Kier molecular flexibility index (Phi) is 5.46. The summed E-state index contributed by atoms with van der Waals surface area (Å²) < 4.78 is 15.8. The maximum absolute atomic E-state index is 12.4. The summed E-state index contributed by atoms with van der Waals surface area (Å²) in [6.07, 6.45) is -0.437. The van der Waals surface area contributed by atoms with E-state index in [-0.39, 0.29) is 11.8 Å². The number of methoxy groups -OCH3 is 3. The van der Waals surface area contributed by atoms with Crippen molar-refractivity contribution in [3.05, 3.63) is 17.7 Å². The van der Waals surface area contributed by atoms with E-state index in [1.54, 1.807) is 12.1 Å². The second kappa shape index (κ2) is 7.33. The number of β-amino-alcohol motifs (C(OH)–C–C–N with tert-alkyl or cyclic N) is 1. The number of rotatable bonds is 6. The van der Waals surface area contributed by atoms with Crippen LogP contribution in [0.5, 0.6) is 17.2 Å². The number of hydrogen-bond acceptors (Lipinski definition) is 6. The van der Waals surface area contributed by atoms with Crippen molar-refractivity contribution in [3.63, 3.8) is 0 Å². The van der Waals surface area contributed by atoms with Gasteiger partial charge in [-0.2, -0.15) is 0 Å². The third-order valence-corrected chi connectivity index (χ3v) is 3.78. The Hall–Kier alpha value is -1.99. The molecule has 2 atom stereocenters. The van der Waals surface area contributed by atoms with E-state index in [0.29, 0.717) is 42.4 Å². The van der Waals surface area contributed by atoms with Gasteiger partial charge in [-0.25, -0.2) is 0 Å². The third-order valence-electron chi connectivity index (χ3n) is 3.78. The minimum atomic E-state index is -0.437. The van der Waals surface area contributed by atoms with Crippen LogP contribution < -0.4 is 24.8 Å². The van der Waals surface area contributed by atoms with Gasteiger partial charge in [-0.1, -0.05) is 0 Å². The zero-order valence-electron chi connectivity index (χ0n) is 13.0. The van der Waals surface area contributed by atoms with Gasteiger partial charge in [-0.3, -0.25) is 4.79 Å². The van der Waals surface area contributed by atoms with E-state index >= 15 is 0 Å².